The van der Waals surface area contributed by atoms with E-state index >= 15 is 0 Å². The van der Waals surface area contributed by atoms with Gasteiger partial charge >= 0.3 is 0 Å². The van der Waals surface area contributed by atoms with E-state index < -0.39 is 16.1 Å². The van der Waals surface area contributed by atoms with Gasteiger partial charge in [0.2, 0.25) is 15.9 Å². The van der Waals surface area contributed by atoms with Crippen molar-refractivity contribution in [1.29, 1.82) is 0 Å². The third-order valence-electron chi connectivity index (χ3n) is 6.16. The molecule has 31 heavy (non-hydrogen) atoms. The van der Waals surface area contributed by atoms with Crippen molar-refractivity contribution in [3.63, 3.8) is 0 Å². The van der Waals surface area contributed by atoms with Crippen molar-refractivity contribution in [1.82, 2.24) is 8.87 Å². The summed E-state index contributed by atoms with van der Waals surface area (Å²) < 4.78 is 29.7. The standard InChI is InChI=1S/C24H29N3O3S/c1-17-9-5-6-10-22(17)25-24(28)19(3)27-16-18(2)21-15-20(11-12-23(21)27)31(29,30)26-13-7-4-8-14-26/h5-6,9-12,15-16,19H,4,7-8,13-14H2,1-3H3,(H,25,28). The van der Waals surface area contributed by atoms with Gasteiger partial charge in [-0.3, -0.25) is 4.79 Å². The number of aromatic nitrogens is 1. The molecule has 1 aromatic heterocycles. The van der Waals surface area contributed by atoms with Crippen LogP contribution in [0.1, 0.15) is 43.4 Å². The summed E-state index contributed by atoms with van der Waals surface area (Å²) in [4.78, 5) is 13.2. The molecule has 164 valence electrons. The van der Waals surface area contributed by atoms with Gasteiger partial charge in [-0.05, 0) is 69.0 Å². The predicted octanol–water partition coefficient (Wildman–Crippen LogP) is 4.63. The van der Waals surface area contributed by atoms with Crippen LogP contribution in [0, 0.1) is 13.8 Å². The summed E-state index contributed by atoms with van der Waals surface area (Å²) in [5.41, 5.74) is 3.59. The van der Waals surface area contributed by atoms with Crippen LogP contribution < -0.4 is 5.32 Å². The molecule has 1 atom stereocenters. The van der Waals surface area contributed by atoms with E-state index in [0.717, 1.165) is 47.0 Å². The summed E-state index contributed by atoms with van der Waals surface area (Å²) in [6, 6.07) is 12.5. The molecule has 0 aliphatic carbocycles. The Kier molecular flexibility index (Phi) is 5.90. The van der Waals surface area contributed by atoms with Gasteiger partial charge in [0.25, 0.3) is 0 Å². The number of carbonyl (C=O) groups excluding carboxylic acids is 1. The second-order valence-corrected chi connectivity index (χ2v) is 10.3. The highest BCUT2D eigenvalue weighted by atomic mass is 32.2. The van der Waals surface area contributed by atoms with E-state index in [1.807, 2.05) is 61.9 Å². The molecule has 2 heterocycles. The van der Waals surface area contributed by atoms with E-state index in [2.05, 4.69) is 5.32 Å². The van der Waals surface area contributed by atoms with Crippen molar-refractivity contribution in [2.45, 2.75) is 51.0 Å². The fraction of sp³-hybridized carbons (Fsp3) is 0.375. The molecule has 4 rings (SSSR count). The molecule has 1 aliphatic rings. The fourth-order valence-electron chi connectivity index (χ4n) is 4.22. The molecule has 1 N–H and O–H groups in total. The maximum absolute atomic E-state index is 13.1. The quantitative estimate of drug-likeness (QED) is 0.630. The highest BCUT2D eigenvalue weighted by molar-refractivity contribution is 7.89. The van der Waals surface area contributed by atoms with Crippen LogP contribution >= 0.6 is 0 Å². The van der Waals surface area contributed by atoms with Crippen molar-refractivity contribution in [3.05, 3.63) is 59.8 Å². The monoisotopic (exact) mass is 439 g/mol. The van der Waals surface area contributed by atoms with Gasteiger partial charge in [0, 0.05) is 35.9 Å². The number of rotatable bonds is 5. The topological polar surface area (TPSA) is 71.4 Å². The van der Waals surface area contributed by atoms with Crippen LogP contribution in [0.2, 0.25) is 0 Å². The number of fused-ring (bicyclic) bond motifs is 1. The Bertz CT molecular complexity index is 1220. The summed E-state index contributed by atoms with van der Waals surface area (Å²) in [6.45, 7) is 6.92. The molecule has 3 aromatic rings. The number of hydrogen-bond acceptors (Lipinski definition) is 3. The van der Waals surface area contributed by atoms with Crippen LogP contribution in [-0.4, -0.2) is 36.3 Å². The van der Waals surface area contributed by atoms with Crippen LogP contribution in [0.4, 0.5) is 5.69 Å². The normalized spacial score (nSPS) is 16.4. The lowest BCUT2D eigenvalue weighted by Crippen LogP contribution is -2.35. The van der Waals surface area contributed by atoms with Crippen molar-refractivity contribution in [2.75, 3.05) is 18.4 Å². The Morgan fingerprint density at radius 1 is 1.00 bits per heavy atom. The Morgan fingerprint density at radius 3 is 2.42 bits per heavy atom. The van der Waals surface area contributed by atoms with E-state index in [1.165, 1.54) is 0 Å². The third kappa shape index (κ3) is 4.12. The van der Waals surface area contributed by atoms with E-state index in [1.54, 1.807) is 16.4 Å². The van der Waals surface area contributed by atoms with Gasteiger partial charge in [0.05, 0.1) is 4.90 Å². The summed E-state index contributed by atoms with van der Waals surface area (Å²) in [6.07, 6.45) is 4.81. The summed E-state index contributed by atoms with van der Waals surface area (Å²) in [5.74, 6) is -0.115. The highest BCUT2D eigenvalue weighted by Crippen LogP contribution is 2.29. The van der Waals surface area contributed by atoms with Crippen molar-refractivity contribution >= 4 is 32.5 Å². The van der Waals surface area contributed by atoms with Crippen LogP contribution in [0.25, 0.3) is 10.9 Å². The number of benzene rings is 2. The molecular weight excluding hydrogens is 410 g/mol. The first-order valence-corrected chi connectivity index (χ1v) is 12.2. The number of anilines is 1. The van der Waals surface area contributed by atoms with E-state index in [-0.39, 0.29) is 5.91 Å². The minimum atomic E-state index is -3.50. The minimum Gasteiger partial charge on any atom is -0.335 e. The molecule has 0 radical (unpaired) electrons. The van der Waals surface area contributed by atoms with E-state index in [4.69, 9.17) is 0 Å². The first kappa shape index (κ1) is 21.6. The molecule has 1 amide bonds. The number of nitrogens with zero attached hydrogens (tertiary/aromatic N) is 2. The van der Waals surface area contributed by atoms with Crippen LogP contribution in [0.5, 0.6) is 0 Å². The zero-order valence-electron chi connectivity index (χ0n) is 18.3. The largest absolute Gasteiger partial charge is 0.335 e. The Hall–Kier alpha value is -2.64. The molecular formula is C24H29N3O3S. The lowest BCUT2D eigenvalue weighted by molar-refractivity contribution is -0.118. The first-order chi connectivity index (χ1) is 14.8. The molecule has 1 aliphatic heterocycles. The fourth-order valence-corrected chi connectivity index (χ4v) is 5.76. The molecule has 6 nitrogen and oxygen atoms in total. The number of para-hydroxylation sites is 1. The Labute approximate surface area is 183 Å². The molecule has 1 unspecified atom stereocenters. The molecule has 1 saturated heterocycles. The number of hydrogen-bond donors (Lipinski definition) is 1. The smallest absolute Gasteiger partial charge is 0.247 e. The van der Waals surface area contributed by atoms with Gasteiger partial charge < -0.3 is 9.88 Å². The SMILES string of the molecule is Cc1ccccc1NC(=O)C(C)n1cc(C)c2cc(S(=O)(=O)N3CCCCC3)ccc21. The van der Waals surface area contributed by atoms with Gasteiger partial charge in [-0.15, -0.1) is 0 Å². The average Bonchev–Trinajstić information content (AvgIpc) is 3.11. The average molecular weight is 440 g/mol. The number of sulfonamides is 1. The van der Waals surface area contributed by atoms with Gasteiger partial charge in [-0.25, -0.2) is 8.42 Å². The minimum absolute atomic E-state index is 0.115. The maximum atomic E-state index is 13.1. The van der Waals surface area contributed by atoms with Gasteiger partial charge in [0.15, 0.2) is 0 Å². The van der Waals surface area contributed by atoms with Crippen molar-refractivity contribution in [3.8, 4) is 0 Å². The Balaban J connectivity index is 1.64. The number of amides is 1. The lowest BCUT2D eigenvalue weighted by Gasteiger charge is -2.26. The van der Waals surface area contributed by atoms with E-state index in [0.29, 0.717) is 18.0 Å². The number of carbonyl (C=O) groups is 1. The lowest BCUT2D eigenvalue weighted by atomic mass is 10.2. The number of nitrogens with one attached hydrogen (secondary N) is 1. The Morgan fingerprint density at radius 2 is 1.71 bits per heavy atom. The van der Waals surface area contributed by atoms with Crippen LogP contribution in [-0.2, 0) is 14.8 Å². The summed E-state index contributed by atoms with van der Waals surface area (Å²) in [7, 11) is -3.50. The number of piperidine rings is 1. The van der Waals surface area contributed by atoms with Crippen LogP contribution in [0.3, 0.4) is 0 Å². The molecule has 7 heteroatoms. The predicted molar refractivity (Wildman–Crippen MR) is 124 cm³/mol. The molecule has 0 spiro atoms. The van der Waals surface area contributed by atoms with E-state index in [9.17, 15) is 13.2 Å². The van der Waals surface area contributed by atoms with Crippen molar-refractivity contribution < 1.29 is 13.2 Å². The van der Waals surface area contributed by atoms with Gasteiger partial charge in [-0.1, -0.05) is 24.6 Å². The summed E-state index contributed by atoms with van der Waals surface area (Å²) >= 11 is 0. The molecule has 0 saturated carbocycles. The van der Waals surface area contributed by atoms with Crippen LogP contribution in [0.15, 0.2) is 53.6 Å². The number of aryl methyl sites for hydroxylation is 2. The molecule has 2 aromatic carbocycles. The summed E-state index contributed by atoms with van der Waals surface area (Å²) in [5, 5.41) is 3.85. The van der Waals surface area contributed by atoms with Gasteiger partial charge in [0.1, 0.15) is 6.04 Å². The second kappa shape index (κ2) is 8.48. The third-order valence-corrected chi connectivity index (χ3v) is 8.05. The first-order valence-electron chi connectivity index (χ1n) is 10.8. The van der Waals surface area contributed by atoms with Gasteiger partial charge in [-0.2, -0.15) is 4.31 Å². The molecule has 1 fully saturated rings. The van der Waals surface area contributed by atoms with Crippen molar-refractivity contribution in [2.24, 2.45) is 0 Å². The highest BCUT2D eigenvalue weighted by Gasteiger charge is 2.27. The zero-order chi connectivity index (χ0) is 22.2. The molecule has 0 bridgehead atoms. The zero-order valence-corrected chi connectivity index (χ0v) is 19.1. The second-order valence-electron chi connectivity index (χ2n) is 8.34. The maximum Gasteiger partial charge on any atom is 0.247 e.